The first kappa shape index (κ1) is 18.0. The number of nitrogens with zero attached hydrogens (tertiary/aromatic N) is 4. The van der Waals surface area contributed by atoms with Gasteiger partial charge in [-0.1, -0.05) is 35.0 Å². The van der Waals surface area contributed by atoms with Gasteiger partial charge < -0.3 is 5.32 Å². The van der Waals surface area contributed by atoms with E-state index >= 15 is 0 Å². The quantitative estimate of drug-likeness (QED) is 0.676. The Balaban J connectivity index is 1.87. The number of benzene rings is 1. The van der Waals surface area contributed by atoms with Gasteiger partial charge in [-0.15, -0.1) is 5.10 Å². The number of fused-ring (bicyclic) bond motifs is 1. The van der Waals surface area contributed by atoms with Gasteiger partial charge in [0.15, 0.2) is 0 Å². The molecule has 0 atom stereocenters. The molecule has 0 radical (unpaired) electrons. The predicted molar refractivity (Wildman–Crippen MR) is 101 cm³/mol. The number of hydrogen-bond acceptors (Lipinski definition) is 5. The second-order valence-corrected chi connectivity index (χ2v) is 7.10. The largest absolute Gasteiger partial charge is 0.326 e. The third-order valence-electron chi connectivity index (χ3n) is 3.70. The highest BCUT2D eigenvalue weighted by Crippen LogP contribution is 2.23. The normalized spacial score (nSPS) is 11.1. The van der Waals surface area contributed by atoms with E-state index in [-0.39, 0.29) is 12.3 Å². The van der Waals surface area contributed by atoms with E-state index in [0.29, 0.717) is 26.7 Å². The summed E-state index contributed by atoms with van der Waals surface area (Å²) < 4.78 is 1.66. The van der Waals surface area contributed by atoms with E-state index < -0.39 is 0 Å². The van der Waals surface area contributed by atoms with Crippen molar-refractivity contribution in [2.24, 2.45) is 0 Å². The van der Waals surface area contributed by atoms with Crippen LogP contribution < -0.4 is 5.32 Å². The molecule has 0 aliphatic carbocycles. The molecule has 0 fully saturated rings. The van der Waals surface area contributed by atoms with Gasteiger partial charge in [-0.3, -0.25) is 4.79 Å². The zero-order valence-electron chi connectivity index (χ0n) is 13.8. The number of rotatable bonds is 4. The average molecular weight is 396 g/mol. The summed E-state index contributed by atoms with van der Waals surface area (Å²) in [4.78, 5) is 21.2. The van der Waals surface area contributed by atoms with Crippen molar-refractivity contribution in [1.82, 2.24) is 19.6 Å². The summed E-state index contributed by atoms with van der Waals surface area (Å²) >= 11 is 13.4. The van der Waals surface area contributed by atoms with Crippen LogP contribution in [0.25, 0.3) is 5.78 Å². The number of halogens is 2. The predicted octanol–water partition coefficient (Wildman–Crippen LogP) is 3.95. The van der Waals surface area contributed by atoms with Crippen molar-refractivity contribution < 1.29 is 4.79 Å². The molecular weight excluding hydrogens is 381 g/mol. The highest BCUT2D eigenvalue weighted by molar-refractivity contribution is 7.98. The lowest BCUT2D eigenvalue weighted by atomic mass is 10.1. The lowest BCUT2D eigenvalue weighted by molar-refractivity contribution is -0.115. The Hall–Kier alpha value is -1.83. The van der Waals surface area contributed by atoms with Crippen LogP contribution >= 0.6 is 35.0 Å². The molecule has 0 aliphatic heterocycles. The molecule has 2 heterocycles. The van der Waals surface area contributed by atoms with Crippen molar-refractivity contribution in [2.75, 3.05) is 11.6 Å². The second kappa shape index (κ2) is 7.19. The van der Waals surface area contributed by atoms with Crippen molar-refractivity contribution in [2.45, 2.75) is 25.4 Å². The van der Waals surface area contributed by atoms with Crippen LogP contribution in [0.1, 0.15) is 17.0 Å². The van der Waals surface area contributed by atoms with E-state index in [2.05, 4.69) is 20.4 Å². The third kappa shape index (κ3) is 3.89. The molecular formula is C16H15Cl2N5OS. The van der Waals surface area contributed by atoms with Gasteiger partial charge in [-0.2, -0.15) is 4.98 Å². The maximum atomic E-state index is 12.4. The van der Waals surface area contributed by atoms with Gasteiger partial charge in [0.25, 0.3) is 5.78 Å². The van der Waals surface area contributed by atoms with Gasteiger partial charge in [-0.05, 0) is 38.3 Å². The fourth-order valence-corrected chi connectivity index (χ4v) is 3.39. The Bertz CT molecular complexity index is 953. The number of thioether (sulfide) groups is 1. The van der Waals surface area contributed by atoms with Gasteiger partial charge in [-0.25, -0.2) is 9.50 Å². The number of hydrogen-bond donors (Lipinski definition) is 1. The Morgan fingerprint density at radius 3 is 2.52 bits per heavy atom. The minimum absolute atomic E-state index is 0.166. The van der Waals surface area contributed by atoms with Gasteiger partial charge >= 0.3 is 0 Å². The fourth-order valence-electron chi connectivity index (χ4n) is 2.52. The van der Waals surface area contributed by atoms with Gasteiger partial charge in [0, 0.05) is 32.7 Å². The van der Waals surface area contributed by atoms with Crippen LogP contribution in [0.3, 0.4) is 0 Å². The summed E-state index contributed by atoms with van der Waals surface area (Å²) in [5.41, 5.74) is 2.96. The SMILES string of the molecule is CSc1nc2nc(C)c(CC(=O)Nc3cc(Cl)cc(Cl)c3)c(C)n2n1. The molecule has 0 aliphatic rings. The standard InChI is InChI=1S/C16H15Cl2N5OS/c1-8-13(9(2)23-15(19-8)21-16(22-23)25-3)7-14(24)20-12-5-10(17)4-11(18)6-12/h4-6H,7H2,1-3H3,(H,20,24). The maximum absolute atomic E-state index is 12.4. The number of carbonyl (C=O) groups excluding carboxylic acids is 1. The maximum Gasteiger partial charge on any atom is 0.253 e. The Labute approximate surface area is 158 Å². The molecule has 0 unspecified atom stereocenters. The molecule has 0 saturated carbocycles. The van der Waals surface area contributed by atoms with Crippen LogP contribution in [0.2, 0.25) is 10.0 Å². The van der Waals surface area contributed by atoms with Gasteiger partial charge in [0.2, 0.25) is 11.1 Å². The summed E-state index contributed by atoms with van der Waals surface area (Å²) in [5.74, 6) is 0.348. The molecule has 3 aromatic rings. The third-order valence-corrected chi connectivity index (χ3v) is 4.67. The zero-order chi connectivity index (χ0) is 18.1. The topological polar surface area (TPSA) is 72.2 Å². The summed E-state index contributed by atoms with van der Waals surface area (Å²) in [6.45, 7) is 3.76. The van der Waals surface area contributed by atoms with E-state index in [1.807, 2.05) is 20.1 Å². The first-order valence-corrected chi connectivity index (χ1v) is 9.38. The first-order chi connectivity index (χ1) is 11.9. The monoisotopic (exact) mass is 395 g/mol. The molecule has 2 aromatic heterocycles. The average Bonchev–Trinajstić information content (AvgIpc) is 2.93. The molecule has 1 amide bonds. The highest BCUT2D eigenvalue weighted by Gasteiger charge is 2.16. The molecule has 0 bridgehead atoms. The van der Waals surface area contributed by atoms with Crippen LogP contribution in [0, 0.1) is 13.8 Å². The van der Waals surface area contributed by atoms with Crippen molar-refractivity contribution in [3.8, 4) is 0 Å². The molecule has 1 aromatic carbocycles. The van der Waals surface area contributed by atoms with E-state index in [1.165, 1.54) is 11.8 Å². The summed E-state index contributed by atoms with van der Waals surface area (Å²) in [5, 5.41) is 8.76. The van der Waals surface area contributed by atoms with Crippen LogP contribution in [0.4, 0.5) is 5.69 Å². The molecule has 25 heavy (non-hydrogen) atoms. The smallest absolute Gasteiger partial charge is 0.253 e. The van der Waals surface area contributed by atoms with E-state index in [0.717, 1.165) is 17.0 Å². The second-order valence-electron chi connectivity index (χ2n) is 5.45. The van der Waals surface area contributed by atoms with E-state index in [1.54, 1.807) is 22.7 Å². The van der Waals surface area contributed by atoms with Crippen molar-refractivity contribution in [3.05, 3.63) is 45.2 Å². The highest BCUT2D eigenvalue weighted by atomic mass is 35.5. The summed E-state index contributed by atoms with van der Waals surface area (Å²) in [7, 11) is 0. The lowest BCUT2D eigenvalue weighted by Crippen LogP contribution is -2.17. The minimum atomic E-state index is -0.184. The lowest BCUT2D eigenvalue weighted by Gasteiger charge is -2.11. The van der Waals surface area contributed by atoms with Crippen LogP contribution in [-0.2, 0) is 11.2 Å². The fraction of sp³-hybridized carbons (Fsp3) is 0.250. The minimum Gasteiger partial charge on any atom is -0.326 e. The molecule has 0 spiro atoms. The number of carbonyl (C=O) groups is 1. The number of amides is 1. The van der Waals surface area contributed by atoms with Gasteiger partial charge in [0.1, 0.15) is 0 Å². The van der Waals surface area contributed by atoms with Crippen molar-refractivity contribution >= 4 is 52.3 Å². The summed E-state index contributed by atoms with van der Waals surface area (Å²) in [6, 6.07) is 4.91. The van der Waals surface area contributed by atoms with E-state index in [4.69, 9.17) is 23.2 Å². The summed E-state index contributed by atoms with van der Waals surface area (Å²) in [6.07, 6.45) is 2.07. The van der Waals surface area contributed by atoms with Crippen molar-refractivity contribution in [1.29, 1.82) is 0 Å². The van der Waals surface area contributed by atoms with E-state index in [9.17, 15) is 4.79 Å². The number of aromatic nitrogens is 4. The van der Waals surface area contributed by atoms with Crippen LogP contribution in [-0.4, -0.2) is 31.7 Å². The Morgan fingerprint density at radius 1 is 1.20 bits per heavy atom. The number of aryl methyl sites for hydroxylation is 2. The molecule has 6 nitrogen and oxygen atoms in total. The molecule has 1 N–H and O–H groups in total. The number of nitrogens with one attached hydrogen (secondary N) is 1. The Kier molecular flexibility index (Phi) is 5.17. The molecule has 0 saturated heterocycles. The molecule has 3 rings (SSSR count). The zero-order valence-corrected chi connectivity index (χ0v) is 16.1. The van der Waals surface area contributed by atoms with Crippen LogP contribution in [0.15, 0.2) is 23.4 Å². The molecule has 130 valence electrons. The molecule has 9 heteroatoms. The number of anilines is 1. The Morgan fingerprint density at radius 2 is 1.88 bits per heavy atom. The van der Waals surface area contributed by atoms with Gasteiger partial charge in [0.05, 0.1) is 6.42 Å². The first-order valence-electron chi connectivity index (χ1n) is 7.40. The van der Waals surface area contributed by atoms with Crippen LogP contribution in [0.5, 0.6) is 0 Å². The van der Waals surface area contributed by atoms with Crippen molar-refractivity contribution in [3.63, 3.8) is 0 Å².